The van der Waals surface area contributed by atoms with E-state index < -0.39 is 11.6 Å². The Morgan fingerprint density at radius 2 is 2.18 bits per heavy atom. The van der Waals surface area contributed by atoms with Gasteiger partial charge in [-0.15, -0.1) is 11.3 Å². The first-order valence-electron chi connectivity index (χ1n) is 5.18. The molecule has 17 heavy (non-hydrogen) atoms. The second-order valence-corrected chi connectivity index (χ2v) is 5.07. The summed E-state index contributed by atoms with van der Waals surface area (Å²) in [6.07, 6.45) is 1.95. The third-order valence-corrected chi connectivity index (χ3v) is 3.52. The monoisotopic (exact) mass is 254 g/mol. The molecule has 2 aromatic rings. The molecule has 0 spiro atoms. The fourth-order valence-corrected chi connectivity index (χ4v) is 2.38. The highest BCUT2D eigenvalue weighted by Crippen LogP contribution is 2.23. The molecule has 0 radical (unpaired) electrons. The number of halogens is 2. The minimum Gasteiger partial charge on any atom is -0.323 e. The van der Waals surface area contributed by atoms with Crippen LogP contribution in [0.5, 0.6) is 0 Å². The quantitative estimate of drug-likeness (QED) is 0.914. The van der Waals surface area contributed by atoms with Crippen LogP contribution in [0, 0.1) is 18.6 Å². The maximum absolute atomic E-state index is 13.4. The van der Waals surface area contributed by atoms with E-state index in [1.54, 1.807) is 12.3 Å². The topological polar surface area (TPSA) is 38.9 Å². The SMILES string of the molecule is Cc1ncc(C(N)Cc2cccc(F)c2F)s1. The van der Waals surface area contributed by atoms with Crippen molar-refractivity contribution >= 4 is 11.3 Å². The molecule has 0 amide bonds. The van der Waals surface area contributed by atoms with Gasteiger partial charge in [-0.3, -0.25) is 0 Å². The summed E-state index contributed by atoms with van der Waals surface area (Å²) >= 11 is 1.47. The second-order valence-electron chi connectivity index (χ2n) is 3.81. The maximum atomic E-state index is 13.4. The third kappa shape index (κ3) is 2.68. The van der Waals surface area contributed by atoms with Gasteiger partial charge in [0.05, 0.1) is 5.01 Å². The van der Waals surface area contributed by atoms with E-state index in [1.807, 2.05) is 6.92 Å². The number of hydrogen-bond donors (Lipinski definition) is 1. The Bertz CT molecular complexity index is 525. The molecule has 5 heteroatoms. The molecule has 0 bridgehead atoms. The molecule has 1 aromatic carbocycles. The Morgan fingerprint density at radius 3 is 2.82 bits per heavy atom. The highest BCUT2D eigenvalue weighted by atomic mass is 32.1. The number of benzene rings is 1. The standard InChI is InChI=1S/C12H12F2N2S/c1-7-16-6-11(17-7)10(15)5-8-3-2-4-9(13)12(8)14/h2-4,6,10H,5,15H2,1H3. The summed E-state index contributed by atoms with van der Waals surface area (Å²) in [5, 5.41) is 0.912. The van der Waals surface area contributed by atoms with Gasteiger partial charge < -0.3 is 5.73 Å². The van der Waals surface area contributed by atoms with Gasteiger partial charge in [0, 0.05) is 17.1 Å². The maximum Gasteiger partial charge on any atom is 0.162 e. The van der Waals surface area contributed by atoms with Crippen LogP contribution in [-0.4, -0.2) is 4.98 Å². The van der Waals surface area contributed by atoms with E-state index >= 15 is 0 Å². The smallest absolute Gasteiger partial charge is 0.162 e. The molecule has 0 aliphatic rings. The van der Waals surface area contributed by atoms with Gasteiger partial charge in [-0.1, -0.05) is 12.1 Å². The molecular weight excluding hydrogens is 242 g/mol. The average molecular weight is 254 g/mol. The molecule has 2 N–H and O–H groups in total. The first-order chi connectivity index (χ1) is 8.08. The molecule has 1 atom stereocenters. The van der Waals surface area contributed by atoms with Crippen LogP contribution in [0.3, 0.4) is 0 Å². The minimum absolute atomic E-state index is 0.269. The molecule has 2 rings (SSSR count). The van der Waals surface area contributed by atoms with Gasteiger partial charge in [-0.05, 0) is 25.0 Å². The summed E-state index contributed by atoms with van der Waals surface area (Å²) in [4.78, 5) is 4.97. The van der Waals surface area contributed by atoms with E-state index in [4.69, 9.17) is 5.73 Å². The lowest BCUT2D eigenvalue weighted by molar-refractivity contribution is 0.494. The van der Waals surface area contributed by atoms with Crippen LogP contribution < -0.4 is 5.73 Å². The predicted molar refractivity (Wildman–Crippen MR) is 63.8 cm³/mol. The molecule has 0 fully saturated rings. The molecule has 1 heterocycles. The zero-order chi connectivity index (χ0) is 12.4. The van der Waals surface area contributed by atoms with E-state index in [0.717, 1.165) is 16.0 Å². The van der Waals surface area contributed by atoms with E-state index in [2.05, 4.69) is 4.98 Å². The number of nitrogens with zero attached hydrogens (tertiary/aromatic N) is 1. The van der Waals surface area contributed by atoms with Gasteiger partial charge in [0.15, 0.2) is 11.6 Å². The van der Waals surface area contributed by atoms with E-state index in [-0.39, 0.29) is 12.5 Å². The summed E-state index contributed by atoms with van der Waals surface area (Å²) in [6, 6.07) is 3.78. The number of aryl methyl sites for hydroxylation is 1. The van der Waals surface area contributed by atoms with Crippen LogP contribution in [0.25, 0.3) is 0 Å². The highest BCUT2D eigenvalue weighted by molar-refractivity contribution is 7.11. The third-order valence-electron chi connectivity index (χ3n) is 2.48. The van der Waals surface area contributed by atoms with Crippen molar-refractivity contribution in [1.29, 1.82) is 0 Å². The number of rotatable bonds is 3. The lowest BCUT2D eigenvalue weighted by Crippen LogP contribution is -2.13. The van der Waals surface area contributed by atoms with Crippen LogP contribution in [0.2, 0.25) is 0 Å². The van der Waals surface area contributed by atoms with Crippen molar-refractivity contribution in [2.45, 2.75) is 19.4 Å². The largest absolute Gasteiger partial charge is 0.323 e. The van der Waals surface area contributed by atoms with E-state index in [9.17, 15) is 8.78 Å². The van der Waals surface area contributed by atoms with Gasteiger partial charge >= 0.3 is 0 Å². The number of aromatic nitrogens is 1. The summed E-state index contributed by atoms with van der Waals surface area (Å²) in [7, 11) is 0. The van der Waals surface area contributed by atoms with E-state index in [0.29, 0.717) is 5.56 Å². The normalized spacial score (nSPS) is 12.7. The number of nitrogens with two attached hydrogens (primary N) is 1. The first kappa shape index (κ1) is 12.1. The highest BCUT2D eigenvalue weighted by Gasteiger charge is 2.14. The molecule has 1 aromatic heterocycles. The van der Waals surface area contributed by atoms with Crippen molar-refractivity contribution in [3.63, 3.8) is 0 Å². The van der Waals surface area contributed by atoms with E-state index in [1.165, 1.54) is 17.4 Å². The van der Waals surface area contributed by atoms with Crippen molar-refractivity contribution in [3.8, 4) is 0 Å². The molecule has 1 unspecified atom stereocenters. The zero-order valence-corrected chi connectivity index (χ0v) is 10.1. The van der Waals surface area contributed by atoms with Crippen molar-refractivity contribution in [2.75, 3.05) is 0 Å². The molecule has 90 valence electrons. The molecule has 0 aliphatic carbocycles. The Balaban J connectivity index is 2.18. The molecule has 0 aliphatic heterocycles. The summed E-state index contributed by atoms with van der Waals surface area (Å²) in [6.45, 7) is 1.88. The molecule has 0 saturated carbocycles. The number of hydrogen-bond acceptors (Lipinski definition) is 3. The van der Waals surface area contributed by atoms with Gasteiger partial charge in [-0.2, -0.15) is 0 Å². The van der Waals surface area contributed by atoms with Crippen molar-refractivity contribution in [2.24, 2.45) is 5.73 Å². The van der Waals surface area contributed by atoms with Gasteiger partial charge in [-0.25, -0.2) is 13.8 Å². The first-order valence-corrected chi connectivity index (χ1v) is 6.00. The zero-order valence-electron chi connectivity index (χ0n) is 9.28. The van der Waals surface area contributed by atoms with Crippen LogP contribution in [0.1, 0.15) is 21.5 Å². The average Bonchev–Trinajstić information content (AvgIpc) is 2.72. The molecular formula is C12H12F2N2S. The molecule has 2 nitrogen and oxygen atoms in total. The van der Waals surface area contributed by atoms with Crippen LogP contribution in [0.15, 0.2) is 24.4 Å². The van der Waals surface area contributed by atoms with Crippen LogP contribution in [0.4, 0.5) is 8.78 Å². The van der Waals surface area contributed by atoms with Crippen molar-refractivity contribution in [1.82, 2.24) is 4.98 Å². The Kier molecular flexibility index (Phi) is 3.49. The fraction of sp³-hybridized carbons (Fsp3) is 0.250. The summed E-state index contributed by atoms with van der Waals surface area (Å²) in [5.41, 5.74) is 6.24. The van der Waals surface area contributed by atoms with Crippen molar-refractivity contribution in [3.05, 3.63) is 51.5 Å². The van der Waals surface area contributed by atoms with Crippen molar-refractivity contribution < 1.29 is 8.78 Å². The van der Waals surface area contributed by atoms with Gasteiger partial charge in [0.1, 0.15) is 0 Å². The Hall–Kier alpha value is -1.33. The van der Waals surface area contributed by atoms with Crippen LogP contribution >= 0.6 is 11.3 Å². The van der Waals surface area contributed by atoms with Gasteiger partial charge in [0.2, 0.25) is 0 Å². The minimum atomic E-state index is -0.838. The lowest BCUT2D eigenvalue weighted by Gasteiger charge is -2.10. The predicted octanol–water partition coefficient (Wildman–Crippen LogP) is 2.97. The second kappa shape index (κ2) is 4.89. The van der Waals surface area contributed by atoms with Gasteiger partial charge in [0.25, 0.3) is 0 Å². The lowest BCUT2D eigenvalue weighted by atomic mass is 10.1. The summed E-state index contributed by atoms with van der Waals surface area (Å²) in [5.74, 6) is -1.65. The fourth-order valence-electron chi connectivity index (χ4n) is 1.59. The molecule has 0 saturated heterocycles. The number of thiazole rings is 1. The van der Waals surface area contributed by atoms with Crippen LogP contribution in [-0.2, 0) is 6.42 Å². The summed E-state index contributed by atoms with van der Waals surface area (Å²) < 4.78 is 26.5. The Labute approximate surface area is 102 Å². The Morgan fingerprint density at radius 1 is 1.41 bits per heavy atom.